The van der Waals surface area contributed by atoms with Gasteiger partial charge in [0.15, 0.2) is 18.2 Å². The number of carbonyl (C=O) groups is 3. The predicted molar refractivity (Wildman–Crippen MR) is 180 cm³/mol. The molecule has 3 fully saturated rings. The number of hydrogen-bond donors (Lipinski definition) is 0. The number of allylic oxidation sites excluding steroid dienone is 1. The minimum absolute atomic E-state index is 0.00189. The molecule has 1 heterocycles. The number of alkyl halides is 1. The lowest BCUT2D eigenvalue weighted by Crippen LogP contribution is -2.61. The van der Waals surface area contributed by atoms with Crippen molar-refractivity contribution in [3.63, 3.8) is 0 Å². The third kappa shape index (κ3) is 8.64. The monoisotopic (exact) mass is 710 g/mol. The average Bonchev–Trinajstić information content (AvgIpc) is 3.00. The molecular formula is C37H59BrO8. The van der Waals surface area contributed by atoms with Crippen LogP contribution in [0.1, 0.15) is 113 Å². The second-order valence-corrected chi connectivity index (χ2v) is 16.2. The number of methoxy groups -OCH3 is 1. The summed E-state index contributed by atoms with van der Waals surface area (Å²) >= 11 is 3.60. The molecule has 4 aliphatic rings. The molecule has 0 aromatic carbocycles. The third-order valence-corrected chi connectivity index (χ3v) is 12.1. The fraction of sp³-hybridized carbons (Fsp3) is 0.865. The summed E-state index contributed by atoms with van der Waals surface area (Å²) in [7, 11) is 1.73. The number of fused-ring (bicyclic) bond motifs is 4. The molecule has 2 bridgehead atoms. The smallest absolute Gasteiger partial charge is 0.347 e. The van der Waals surface area contributed by atoms with Gasteiger partial charge in [-0.25, -0.2) is 4.79 Å². The van der Waals surface area contributed by atoms with Crippen LogP contribution < -0.4 is 0 Å². The molecule has 262 valence electrons. The van der Waals surface area contributed by atoms with Crippen molar-refractivity contribution in [2.24, 2.45) is 40.9 Å². The van der Waals surface area contributed by atoms with Crippen LogP contribution in [0.2, 0.25) is 0 Å². The topological polar surface area (TPSA) is 97.4 Å². The molecule has 1 aliphatic heterocycles. The highest BCUT2D eigenvalue weighted by Gasteiger charge is 2.60. The van der Waals surface area contributed by atoms with E-state index in [9.17, 15) is 14.4 Å². The van der Waals surface area contributed by atoms with Crippen molar-refractivity contribution in [3.8, 4) is 0 Å². The van der Waals surface area contributed by atoms with Gasteiger partial charge in [-0.1, -0.05) is 82.3 Å². The second kappa shape index (κ2) is 16.4. The fourth-order valence-corrected chi connectivity index (χ4v) is 9.37. The van der Waals surface area contributed by atoms with Gasteiger partial charge in [0.05, 0.1) is 17.5 Å². The maximum absolute atomic E-state index is 13.8. The molecule has 0 radical (unpaired) electrons. The summed E-state index contributed by atoms with van der Waals surface area (Å²) in [5.74, 6) is -0.221. The van der Waals surface area contributed by atoms with E-state index < -0.39 is 36.0 Å². The molecule has 4 rings (SSSR count). The van der Waals surface area contributed by atoms with Crippen molar-refractivity contribution < 1.29 is 38.1 Å². The molecule has 46 heavy (non-hydrogen) atoms. The Hall–Kier alpha value is -1.29. The zero-order valence-electron chi connectivity index (χ0n) is 29.4. The first-order valence-corrected chi connectivity index (χ1v) is 18.9. The Bertz CT molecular complexity index is 1080. The van der Waals surface area contributed by atoms with Crippen molar-refractivity contribution in [2.45, 2.75) is 149 Å². The summed E-state index contributed by atoms with van der Waals surface area (Å²) in [6.07, 6.45) is 6.96. The molecule has 0 aromatic rings. The molecule has 1 saturated heterocycles. The maximum atomic E-state index is 13.8. The van der Waals surface area contributed by atoms with Gasteiger partial charge in [0.1, 0.15) is 12.2 Å². The number of esters is 2. The number of halogens is 1. The SMILES string of the molecule is COC1C[C@H](C)CC(OC(=O)CC(C(C)C)C(C)C)C(=O)O[C@@H]2CC3C(C)=CC(=O)[C@@H](OC(CBr)OC4CCCCC4)[C@]3(C)C1C2. The van der Waals surface area contributed by atoms with E-state index in [2.05, 4.69) is 57.5 Å². The van der Waals surface area contributed by atoms with Gasteiger partial charge in [-0.15, -0.1) is 0 Å². The van der Waals surface area contributed by atoms with Crippen molar-refractivity contribution in [3.05, 3.63) is 11.6 Å². The summed E-state index contributed by atoms with van der Waals surface area (Å²) < 4.78 is 31.4. The van der Waals surface area contributed by atoms with Gasteiger partial charge < -0.3 is 23.7 Å². The number of rotatable bonds is 11. The summed E-state index contributed by atoms with van der Waals surface area (Å²) in [5.41, 5.74) is 0.376. The average molecular weight is 712 g/mol. The first-order chi connectivity index (χ1) is 21.8. The first kappa shape index (κ1) is 37.5. The fourth-order valence-electron chi connectivity index (χ4n) is 9.06. The number of hydrogen-bond acceptors (Lipinski definition) is 8. The van der Waals surface area contributed by atoms with E-state index >= 15 is 0 Å². The van der Waals surface area contributed by atoms with Crippen LogP contribution in [0.25, 0.3) is 0 Å². The number of carbonyl (C=O) groups excluding carboxylic acids is 3. The van der Waals surface area contributed by atoms with E-state index in [0.29, 0.717) is 42.8 Å². The number of ether oxygens (including phenoxy) is 5. The molecule has 0 amide bonds. The highest BCUT2D eigenvalue weighted by atomic mass is 79.9. The molecule has 5 unspecified atom stereocenters. The second-order valence-electron chi connectivity index (χ2n) is 15.5. The van der Waals surface area contributed by atoms with Crippen LogP contribution in [0, 0.1) is 40.9 Å². The zero-order chi connectivity index (χ0) is 33.8. The normalized spacial score (nSPS) is 35.0. The van der Waals surface area contributed by atoms with Gasteiger partial charge in [0.25, 0.3) is 0 Å². The summed E-state index contributed by atoms with van der Waals surface area (Å²) in [4.78, 5) is 40.6. The van der Waals surface area contributed by atoms with E-state index in [-0.39, 0.29) is 54.1 Å². The van der Waals surface area contributed by atoms with Crippen LogP contribution >= 0.6 is 15.9 Å². The Balaban J connectivity index is 1.58. The molecular weight excluding hydrogens is 652 g/mol. The molecule has 9 heteroatoms. The molecule has 9 atom stereocenters. The van der Waals surface area contributed by atoms with Gasteiger partial charge in [0.2, 0.25) is 0 Å². The maximum Gasteiger partial charge on any atom is 0.347 e. The molecule has 2 saturated carbocycles. The highest BCUT2D eigenvalue weighted by molar-refractivity contribution is 9.09. The molecule has 8 nitrogen and oxygen atoms in total. The van der Waals surface area contributed by atoms with Crippen molar-refractivity contribution in [2.75, 3.05) is 12.4 Å². The van der Waals surface area contributed by atoms with Gasteiger partial charge in [0, 0.05) is 18.9 Å². The lowest BCUT2D eigenvalue weighted by atomic mass is 9.51. The van der Waals surface area contributed by atoms with Crippen LogP contribution in [0.3, 0.4) is 0 Å². The van der Waals surface area contributed by atoms with Crippen LogP contribution in [0.4, 0.5) is 0 Å². The van der Waals surface area contributed by atoms with E-state index in [1.807, 2.05) is 6.92 Å². The van der Waals surface area contributed by atoms with Crippen molar-refractivity contribution in [1.29, 1.82) is 0 Å². The van der Waals surface area contributed by atoms with Crippen molar-refractivity contribution >= 4 is 33.7 Å². The lowest BCUT2D eigenvalue weighted by Gasteiger charge is -2.57. The third-order valence-electron chi connectivity index (χ3n) is 11.6. The van der Waals surface area contributed by atoms with Crippen molar-refractivity contribution in [1.82, 2.24) is 0 Å². The largest absolute Gasteiger partial charge is 0.460 e. The van der Waals surface area contributed by atoms with Gasteiger partial charge in [-0.05, 0) is 87.0 Å². The summed E-state index contributed by atoms with van der Waals surface area (Å²) in [6.45, 7) is 14.7. The summed E-state index contributed by atoms with van der Waals surface area (Å²) in [6, 6.07) is 0. The molecule has 0 spiro atoms. The minimum atomic E-state index is -0.956. The molecule has 3 aliphatic carbocycles. The Morgan fingerprint density at radius 1 is 1.02 bits per heavy atom. The standard InChI is InChI=1S/C37H59BrO8/c1-21(2)27(22(3)4)19-33(40)45-32-15-23(5)14-31(42-8)29-18-26(44-36(32)41)17-28-24(6)16-30(39)35(37(28,29)7)46-34(20-38)43-25-12-10-9-11-13-25/h16,21-23,25-29,31-32,34-35H,9-15,17-20H2,1-8H3/t23-,26+,28?,29?,31?,32?,34?,35+,37-/m0/s1. The summed E-state index contributed by atoms with van der Waals surface area (Å²) in [5, 5.41) is 0.474. The Morgan fingerprint density at radius 3 is 2.30 bits per heavy atom. The van der Waals surface area contributed by atoms with Crippen LogP contribution in [0.15, 0.2) is 11.6 Å². The van der Waals surface area contributed by atoms with E-state index in [1.54, 1.807) is 13.2 Å². The number of ketones is 1. The van der Waals surface area contributed by atoms with E-state index in [0.717, 1.165) is 31.3 Å². The van der Waals surface area contributed by atoms with E-state index in [1.165, 1.54) is 6.42 Å². The molecule has 0 aromatic heterocycles. The zero-order valence-corrected chi connectivity index (χ0v) is 31.0. The minimum Gasteiger partial charge on any atom is -0.460 e. The predicted octanol–water partition coefficient (Wildman–Crippen LogP) is 7.59. The van der Waals surface area contributed by atoms with Crippen LogP contribution in [0.5, 0.6) is 0 Å². The highest BCUT2D eigenvalue weighted by Crippen LogP contribution is 2.57. The Labute approximate surface area is 285 Å². The Morgan fingerprint density at radius 2 is 1.70 bits per heavy atom. The van der Waals surface area contributed by atoms with Gasteiger partial charge >= 0.3 is 11.9 Å². The van der Waals surface area contributed by atoms with Gasteiger partial charge in [-0.3, -0.25) is 9.59 Å². The quantitative estimate of drug-likeness (QED) is 0.123. The van der Waals surface area contributed by atoms with E-state index in [4.69, 9.17) is 23.7 Å². The first-order valence-electron chi connectivity index (χ1n) is 17.8. The van der Waals surface area contributed by atoms with Crippen LogP contribution in [-0.4, -0.2) is 67.0 Å². The lowest BCUT2D eigenvalue weighted by molar-refractivity contribution is -0.235. The molecule has 0 N–H and O–H groups in total. The van der Waals surface area contributed by atoms with Crippen LogP contribution in [-0.2, 0) is 38.1 Å². The van der Waals surface area contributed by atoms with Gasteiger partial charge in [-0.2, -0.15) is 0 Å². The Kier molecular flexibility index (Phi) is 13.4.